The third-order valence-corrected chi connectivity index (χ3v) is 3.60. The summed E-state index contributed by atoms with van der Waals surface area (Å²) < 4.78 is 5.60. The smallest absolute Gasteiger partial charge is 0.337 e. The average molecular weight is 309 g/mol. The first-order valence-electron chi connectivity index (χ1n) is 6.06. The van der Waals surface area contributed by atoms with E-state index in [2.05, 4.69) is 15.6 Å². The topological polar surface area (TPSA) is 63.2 Å². The van der Waals surface area contributed by atoms with E-state index in [4.69, 9.17) is 17.0 Å². The highest BCUT2D eigenvalue weighted by atomic mass is 32.1. The number of rotatable bonds is 3. The van der Waals surface area contributed by atoms with Crippen LogP contribution in [0.15, 0.2) is 18.2 Å². The lowest BCUT2D eigenvalue weighted by Crippen LogP contribution is -2.33. The molecule has 0 radical (unpaired) electrons. The lowest BCUT2D eigenvalue weighted by atomic mass is 10.2. The number of nitrogens with one attached hydrogen (secondary N) is 2. The van der Waals surface area contributed by atoms with Gasteiger partial charge < -0.3 is 15.4 Å². The minimum absolute atomic E-state index is 0.260. The van der Waals surface area contributed by atoms with Crippen molar-refractivity contribution in [3.63, 3.8) is 0 Å². The fraction of sp³-hybridized carbons (Fsp3) is 0.308. The van der Waals surface area contributed by atoms with E-state index < -0.39 is 0 Å². The molecule has 0 atom stereocenters. The van der Waals surface area contributed by atoms with Crippen molar-refractivity contribution < 1.29 is 9.53 Å². The molecule has 0 bridgehead atoms. The molecule has 0 fully saturated rings. The molecular weight excluding hydrogens is 294 g/mol. The van der Waals surface area contributed by atoms with Crippen LogP contribution in [0.2, 0.25) is 0 Å². The maximum absolute atomic E-state index is 11.5. The number of thiocarbonyl (C=S) groups is 1. The van der Waals surface area contributed by atoms with Crippen molar-refractivity contribution in [3.05, 3.63) is 23.8 Å². The molecule has 0 amide bonds. The Bertz CT molecular complexity index is 652. The van der Waals surface area contributed by atoms with Gasteiger partial charge in [0.25, 0.3) is 0 Å². The molecule has 7 heteroatoms. The zero-order valence-corrected chi connectivity index (χ0v) is 13.0. The molecule has 1 heterocycles. The minimum atomic E-state index is -0.355. The van der Waals surface area contributed by atoms with Crippen molar-refractivity contribution >= 4 is 50.0 Å². The van der Waals surface area contributed by atoms with Crippen LogP contribution in [-0.2, 0) is 4.74 Å². The van der Waals surface area contributed by atoms with E-state index >= 15 is 0 Å². The van der Waals surface area contributed by atoms with Crippen LogP contribution in [0, 0.1) is 0 Å². The van der Waals surface area contributed by atoms with Crippen LogP contribution in [0.3, 0.4) is 0 Å². The standard InChI is InChI=1S/C13H15N3O2S2/c1-7(2)14-12(19)16-13-15-9-5-4-8(11(17)18-3)6-10(9)20-13/h4-7H,1-3H3,(H2,14,15,16,19). The molecule has 0 unspecified atom stereocenters. The molecule has 2 N–H and O–H groups in total. The van der Waals surface area contributed by atoms with Gasteiger partial charge >= 0.3 is 5.97 Å². The minimum Gasteiger partial charge on any atom is -0.465 e. The fourth-order valence-electron chi connectivity index (χ4n) is 1.62. The van der Waals surface area contributed by atoms with Gasteiger partial charge in [-0.15, -0.1) is 0 Å². The second-order valence-electron chi connectivity index (χ2n) is 4.45. The molecule has 1 aromatic carbocycles. The van der Waals surface area contributed by atoms with Gasteiger partial charge in [-0.25, -0.2) is 9.78 Å². The van der Waals surface area contributed by atoms with Crippen LogP contribution >= 0.6 is 23.6 Å². The maximum atomic E-state index is 11.5. The Morgan fingerprint density at radius 3 is 2.85 bits per heavy atom. The summed E-state index contributed by atoms with van der Waals surface area (Å²) in [6.45, 7) is 4.02. The van der Waals surface area contributed by atoms with Gasteiger partial charge in [-0.05, 0) is 44.3 Å². The molecule has 2 rings (SSSR count). The molecule has 1 aromatic heterocycles. The van der Waals surface area contributed by atoms with E-state index in [1.54, 1.807) is 18.2 Å². The number of anilines is 1. The van der Waals surface area contributed by atoms with E-state index in [1.807, 2.05) is 13.8 Å². The third kappa shape index (κ3) is 3.43. The Kier molecular flexibility index (Phi) is 4.51. The molecule has 20 heavy (non-hydrogen) atoms. The van der Waals surface area contributed by atoms with Crippen LogP contribution < -0.4 is 10.6 Å². The number of benzene rings is 1. The highest BCUT2D eigenvalue weighted by Gasteiger charge is 2.10. The molecule has 0 aliphatic heterocycles. The molecule has 5 nitrogen and oxygen atoms in total. The SMILES string of the molecule is COC(=O)c1ccc2nc(NC(=S)NC(C)C)sc2c1. The monoisotopic (exact) mass is 309 g/mol. The Hall–Kier alpha value is -1.73. The molecule has 0 aliphatic rings. The van der Waals surface area contributed by atoms with Gasteiger partial charge in [0.1, 0.15) is 0 Å². The van der Waals surface area contributed by atoms with Gasteiger partial charge in [-0.2, -0.15) is 0 Å². The summed E-state index contributed by atoms with van der Waals surface area (Å²) in [6, 6.07) is 5.52. The van der Waals surface area contributed by atoms with Crippen molar-refractivity contribution in [2.24, 2.45) is 0 Å². The summed E-state index contributed by atoms with van der Waals surface area (Å²) in [6.07, 6.45) is 0. The Balaban J connectivity index is 2.21. The summed E-state index contributed by atoms with van der Waals surface area (Å²) >= 11 is 6.61. The van der Waals surface area contributed by atoms with Gasteiger partial charge in [0.05, 0.1) is 22.9 Å². The summed E-state index contributed by atoms with van der Waals surface area (Å²) in [4.78, 5) is 15.9. The van der Waals surface area contributed by atoms with Crippen molar-refractivity contribution in [1.82, 2.24) is 10.3 Å². The number of ether oxygens (including phenoxy) is 1. The van der Waals surface area contributed by atoms with Crippen LogP contribution in [-0.4, -0.2) is 29.2 Å². The fourth-order valence-corrected chi connectivity index (χ4v) is 2.92. The normalized spacial score (nSPS) is 10.6. The first-order valence-corrected chi connectivity index (χ1v) is 7.28. The summed E-state index contributed by atoms with van der Waals surface area (Å²) in [5, 5.41) is 7.35. The highest BCUT2D eigenvalue weighted by Crippen LogP contribution is 2.27. The van der Waals surface area contributed by atoms with Gasteiger partial charge in [-0.3, -0.25) is 0 Å². The Labute approximate surface area is 126 Å². The molecule has 0 saturated carbocycles. The average Bonchev–Trinajstić information content (AvgIpc) is 2.77. The Morgan fingerprint density at radius 2 is 2.20 bits per heavy atom. The van der Waals surface area contributed by atoms with E-state index in [-0.39, 0.29) is 12.0 Å². The van der Waals surface area contributed by atoms with E-state index in [0.717, 1.165) is 10.2 Å². The molecule has 0 spiro atoms. The number of esters is 1. The lowest BCUT2D eigenvalue weighted by molar-refractivity contribution is 0.0601. The van der Waals surface area contributed by atoms with Crippen molar-refractivity contribution in [2.45, 2.75) is 19.9 Å². The van der Waals surface area contributed by atoms with Crippen molar-refractivity contribution in [2.75, 3.05) is 12.4 Å². The second kappa shape index (κ2) is 6.15. The number of carbonyl (C=O) groups excluding carboxylic acids is 1. The highest BCUT2D eigenvalue weighted by molar-refractivity contribution is 7.80. The third-order valence-electron chi connectivity index (χ3n) is 2.45. The van der Waals surface area contributed by atoms with Crippen molar-refractivity contribution in [1.29, 1.82) is 0 Å². The quantitative estimate of drug-likeness (QED) is 0.671. The molecule has 0 aliphatic carbocycles. The number of hydrogen-bond acceptors (Lipinski definition) is 5. The van der Waals surface area contributed by atoms with Gasteiger partial charge in [0, 0.05) is 6.04 Å². The predicted octanol–water partition coefficient (Wildman–Crippen LogP) is 2.78. The zero-order valence-electron chi connectivity index (χ0n) is 11.4. The number of fused-ring (bicyclic) bond motifs is 1. The molecule has 2 aromatic rings. The number of nitrogens with zero attached hydrogens (tertiary/aromatic N) is 1. The maximum Gasteiger partial charge on any atom is 0.337 e. The number of methoxy groups -OCH3 is 1. The second-order valence-corrected chi connectivity index (χ2v) is 5.89. The lowest BCUT2D eigenvalue weighted by Gasteiger charge is -2.10. The predicted molar refractivity (Wildman–Crippen MR) is 85.5 cm³/mol. The molecular formula is C13H15N3O2S2. The first-order chi connectivity index (χ1) is 9.49. The largest absolute Gasteiger partial charge is 0.465 e. The summed E-state index contributed by atoms with van der Waals surface area (Å²) in [5.41, 5.74) is 1.33. The first kappa shape index (κ1) is 14.7. The molecule has 0 saturated heterocycles. The number of thiazole rings is 1. The van der Waals surface area contributed by atoms with E-state index in [9.17, 15) is 4.79 Å². The van der Waals surface area contributed by atoms with Gasteiger partial charge in [-0.1, -0.05) is 11.3 Å². The van der Waals surface area contributed by atoms with E-state index in [0.29, 0.717) is 15.8 Å². The Morgan fingerprint density at radius 1 is 1.45 bits per heavy atom. The van der Waals surface area contributed by atoms with Gasteiger partial charge in [0.2, 0.25) is 0 Å². The zero-order chi connectivity index (χ0) is 14.7. The van der Waals surface area contributed by atoms with Crippen LogP contribution in [0.5, 0.6) is 0 Å². The summed E-state index contributed by atoms with van der Waals surface area (Å²) in [7, 11) is 1.36. The van der Waals surface area contributed by atoms with Crippen molar-refractivity contribution in [3.8, 4) is 0 Å². The molecule has 106 valence electrons. The van der Waals surface area contributed by atoms with Gasteiger partial charge in [0.15, 0.2) is 10.2 Å². The number of carbonyl (C=O) groups is 1. The number of hydrogen-bond donors (Lipinski definition) is 2. The van der Waals surface area contributed by atoms with E-state index in [1.165, 1.54) is 18.4 Å². The number of aromatic nitrogens is 1. The summed E-state index contributed by atoms with van der Waals surface area (Å²) in [5.74, 6) is -0.355. The van der Waals surface area contributed by atoms with Crippen LogP contribution in [0.4, 0.5) is 5.13 Å². The van der Waals surface area contributed by atoms with Crippen LogP contribution in [0.1, 0.15) is 24.2 Å². The van der Waals surface area contributed by atoms with Crippen LogP contribution in [0.25, 0.3) is 10.2 Å².